The van der Waals surface area contributed by atoms with Crippen molar-refractivity contribution in [2.75, 3.05) is 6.61 Å². The van der Waals surface area contributed by atoms with Crippen molar-refractivity contribution in [2.24, 2.45) is 0 Å². The number of benzene rings is 1. The van der Waals surface area contributed by atoms with Gasteiger partial charge < -0.3 is 9.84 Å². The van der Waals surface area contributed by atoms with Crippen LogP contribution < -0.4 is 4.74 Å². The number of hydrogen-bond donors (Lipinski definition) is 1. The van der Waals surface area contributed by atoms with Gasteiger partial charge in [0.2, 0.25) is 0 Å². The molecule has 0 heterocycles. The minimum atomic E-state index is -0.646. The van der Waals surface area contributed by atoms with E-state index < -0.39 is 6.10 Å². The van der Waals surface area contributed by atoms with Crippen LogP contribution in [0.25, 0.3) is 0 Å². The molecule has 0 bridgehead atoms. The summed E-state index contributed by atoms with van der Waals surface area (Å²) in [4.78, 5) is 0. The van der Waals surface area contributed by atoms with Gasteiger partial charge in [-0.2, -0.15) is 5.26 Å². The highest BCUT2D eigenvalue weighted by Crippen LogP contribution is 2.26. The lowest BCUT2D eigenvalue weighted by Gasteiger charge is -2.09. The highest BCUT2D eigenvalue weighted by Gasteiger charge is 2.04. The molecule has 5 heteroatoms. The molecule has 86 valence electrons. The third-order valence-corrected chi connectivity index (χ3v) is 2.68. The van der Waals surface area contributed by atoms with Crippen molar-refractivity contribution < 1.29 is 9.84 Å². The summed E-state index contributed by atoms with van der Waals surface area (Å²) in [5, 5.41) is 18.5. The lowest BCUT2D eigenvalue weighted by molar-refractivity contribution is 0.143. The lowest BCUT2D eigenvalue weighted by Crippen LogP contribution is -2.10. The summed E-state index contributed by atoms with van der Waals surface area (Å²) < 4.78 is 5.35. The molecule has 0 spiro atoms. The van der Waals surface area contributed by atoms with Gasteiger partial charge in [-0.25, -0.2) is 0 Å². The maximum Gasteiger partial charge on any atom is 0.120 e. The molecule has 16 heavy (non-hydrogen) atoms. The fraction of sp³-hybridized carbons (Fsp3) is 0.364. The van der Waals surface area contributed by atoms with Gasteiger partial charge >= 0.3 is 0 Å². The zero-order chi connectivity index (χ0) is 12.0. The second-order valence-electron chi connectivity index (χ2n) is 3.23. The number of nitriles is 1. The number of hydrogen-bond acceptors (Lipinski definition) is 3. The van der Waals surface area contributed by atoms with Crippen molar-refractivity contribution in [1.82, 2.24) is 0 Å². The van der Waals surface area contributed by atoms with Crippen molar-refractivity contribution in [2.45, 2.75) is 18.9 Å². The van der Waals surface area contributed by atoms with E-state index in [4.69, 9.17) is 33.2 Å². The quantitative estimate of drug-likeness (QED) is 0.885. The Labute approximate surface area is 104 Å². The molecule has 1 rings (SSSR count). The van der Waals surface area contributed by atoms with Crippen LogP contribution in [0.2, 0.25) is 10.0 Å². The Balaban J connectivity index is 2.38. The van der Waals surface area contributed by atoms with Gasteiger partial charge in [0.05, 0.1) is 35.2 Å². The van der Waals surface area contributed by atoms with Crippen molar-refractivity contribution in [3.05, 3.63) is 28.2 Å². The molecule has 1 N–H and O–H groups in total. The summed E-state index contributed by atoms with van der Waals surface area (Å²) in [5.74, 6) is 0.596. The van der Waals surface area contributed by atoms with Gasteiger partial charge in [0, 0.05) is 12.5 Å². The molecule has 0 saturated heterocycles. The van der Waals surface area contributed by atoms with Crippen molar-refractivity contribution in [1.29, 1.82) is 5.26 Å². The lowest BCUT2D eigenvalue weighted by atomic mass is 10.2. The largest absolute Gasteiger partial charge is 0.493 e. The average molecular weight is 260 g/mol. The molecule has 0 saturated carbocycles. The van der Waals surface area contributed by atoms with Crippen molar-refractivity contribution in [3.63, 3.8) is 0 Å². The molecule has 0 aliphatic heterocycles. The Kier molecular flexibility index (Phi) is 5.41. The minimum Gasteiger partial charge on any atom is -0.493 e. The van der Waals surface area contributed by atoms with Gasteiger partial charge in [-0.05, 0) is 12.1 Å². The van der Waals surface area contributed by atoms with Crippen molar-refractivity contribution >= 4 is 23.2 Å². The molecule has 0 aliphatic rings. The summed E-state index contributed by atoms with van der Waals surface area (Å²) in [6.45, 7) is 0.334. The number of halogens is 2. The van der Waals surface area contributed by atoms with Crippen LogP contribution in [-0.2, 0) is 0 Å². The molecule has 0 aliphatic carbocycles. The van der Waals surface area contributed by atoms with Gasteiger partial charge in [0.25, 0.3) is 0 Å². The van der Waals surface area contributed by atoms with E-state index in [1.54, 1.807) is 18.2 Å². The van der Waals surface area contributed by atoms with Crippen LogP contribution in [0.1, 0.15) is 12.8 Å². The first-order valence-corrected chi connectivity index (χ1v) is 5.52. The molecule has 0 radical (unpaired) electrons. The molecule has 0 fully saturated rings. The molecular weight excluding hydrogens is 249 g/mol. The zero-order valence-electron chi connectivity index (χ0n) is 8.49. The number of nitrogens with zero attached hydrogens (tertiary/aromatic N) is 1. The monoisotopic (exact) mass is 259 g/mol. The maximum atomic E-state index is 9.28. The Morgan fingerprint density at radius 3 is 2.75 bits per heavy atom. The molecule has 3 nitrogen and oxygen atoms in total. The van der Waals surface area contributed by atoms with Crippen LogP contribution in [0.15, 0.2) is 18.2 Å². The van der Waals surface area contributed by atoms with E-state index in [9.17, 15) is 5.11 Å². The maximum absolute atomic E-state index is 9.28. The van der Waals surface area contributed by atoms with E-state index in [1.807, 2.05) is 6.07 Å². The molecule has 1 aromatic rings. The summed E-state index contributed by atoms with van der Waals surface area (Å²) >= 11 is 11.5. The van der Waals surface area contributed by atoms with Gasteiger partial charge in [-0.1, -0.05) is 23.2 Å². The molecular formula is C11H11Cl2NO2. The number of ether oxygens (including phenoxy) is 1. The summed E-state index contributed by atoms with van der Waals surface area (Å²) in [7, 11) is 0. The Morgan fingerprint density at radius 2 is 2.12 bits per heavy atom. The minimum absolute atomic E-state index is 0.116. The molecule has 1 atom stereocenters. The van der Waals surface area contributed by atoms with E-state index in [1.165, 1.54) is 0 Å². The van der Waals surface area contributed by atoms with E-state index in [0.717, 1.165) is 0 Å². The summed E-state index contributed by atoms with van der Waals surface area (Å²) in [6.07, 6.45) is -0.119. The SMILES string of the molecule is N#CCC(O)CCOc1ccc(Cl)c(Cl)c1. The molecule has 1 aromatic carbocycles. The molecule has 0 aromatic heterocycles. The zero-order valence-corrected chi connectivity index (χ0v) is 10.0. The summed E-state index contributed by atoms with van der Waals surface area (Å²) in [5.41, 5.74) is 0. The first kappa shape index (κ1) is 13.1. The van der Waals surface area contributed by atoms with Crippen LogP contribution in [0, 0.1) is 11.3 Å². The first-order chi connectivity index (χ1) is 7.63. The van der Waals surface area contributed by atoms with E-state index >= 15 is 0 Å². The van der Waals surface area contributed by atoms with E-state index in [2.05, 4.69) is 0 Å². The third-order valence-electron chi connectivity index (χ3n) is 1.94. The van der Waals surface area contributed by atoms with Crippen LogP contribution in [0.4, 0.5) is 0 Å². The third kappa shape index (κ3) is 4.28. The molecule has 1 unspecified atom stereocenters. The molecule has 0 amide bonds. The van der Waals surface area contributed by atoms with Gasteiger partial charge in [-0.15, -0.1) is 0 Å². The van der Waals surface area contributed by atoms with Gasteiger partial charge in [0.15, 0.2) is 0 Å². The first-order valence-electron chi connectivity index (χ1n) is 4.76. The predicted molar refractivity (Wildman–Crippen MR) is 62.8 cm³/mol. The fourth-order valence-electron chi connectivity index (χ4n) is 1.09. The Bertz CT molecular complexity index is 390. The van der Waals surface area contributed by atoms with Crippen molar-refractivity contribution in [3.8, 4) is 11.8 Å². The van der Waals surface area contributed by atoms with E-state index in [-0.39, 0.29) is 6.42 Å². The second-order valence-corrected chi connectivity index (χ2v) is 4.04. The number of aliphatic hydroxyl groups is 1. The Morgan fingerprint density at radius 1 is 1.38 bits per heavy atom. The Hall–Kier alpha value is -0.950. The van der Waals surface area contributed by atoms with Crippen LogP contribution >= 0.6 is 23.2 Å². The fourth-order valence-corrected chi connectivity index (χ4v) is 1.37. The average Bonchev–Trinajstić information content (AvgIpc) is 2.24. The van der Waals surface area contributed by atoms with Gasteiger partial charge in [-0.3, -0.25) is 0 Å². The summed E-state index contributed by atoms with van der Waals surface area (Å²) in [6, 6.07) is 6.84. The highest BCUT2D eigenvalue weighted by molar-refractivity contribution is 6.42. The normalized spacial score (nSPS) is 11.9. The number of rotatable bonds is 5. The van der Waals surface area contributed by atoms with E-state index in [0.29, 0.717) is 28.8 Å². The van der Waals surface area contributed by atoms with Crippen LogP contribution in [0.3, 0.4) is 0 Å². The second kappa shape index (κ2) is 6.59. The standard InChI is InChI=1S/C11H11Cl2NO2/c12-10-2-1-9(7-11(10)13)16-6-4-8(15)3-5-14/h1-2,7-8,15H,3-4,6H2. The predicted octanol–water partition coefficient (Wildman–Crippen LogP) is 3.04. The number of aliphatic hydroxyl groups excluding tert-OH is 1. The highest BCUT2D eigenvalue weighted by atomic mass is 35.5. The smallest absolute Gasteiger partial charge is 0.120 e. The van der Waals surface area contributed by atoms with Crippen LogP contribution in [0.5, 0.6) is 5.75 Å². The topological polar surface area (TPSA) is 53.2 Å². The van der Waals surface area contributed by atoms with Crippen LogP contribution in [-0.4, -0.2) is 17.8 Å². The van der Waals surface area contributed by atoms with Gasteiger partial charge in [0.1, 0.15) is 5.75 Å².